The van der Waals surface area contributed by atoms with Gasteiger partial charge in [0.15, 0.2) is 0 Å². The van der Waals surface area contributed by atoms with E-state index in [0.29, 0.717) is 0 Å². The molecule has 0 aromatic carbocycles. The lowest BCUT2D eigenvalue weighted by Crippen LogP contribution is -2.24. The largest absolute Gasteiger partial charge is 0.466 e. The van der Waals surface area contributed by atoms with Gasteiger partial charge in [-0.2, -0.15) is 0 Å². The van der Waals surface area contributed by atoms with Gasteiger partial charge in [-0.05, 0) is 32.9 Å². The topological polar surface area (TPSA) is 53.9 Å². The highest BCUT2D eigenvalue weighted by Gasteiger charge is 2.18. The van der Waals surface area contributed by atoms with Crippen LogP contribution in [0.15, 0.2) is 22.9 Å². The van der Waals surface area contributed by atoms with Crippen LogP contribution >= 0.6 is 0 Å². The molecule has 0 aliphatic carbocycles. The Hall–Kier alpha value is -1.55. The van der Waals surface area contributed by atoms with E-state index in [4.69, 9.17) is 4.42 Å². The fraction of sp³-hybridized carbons (Fsp3) is 0.500. The number of hydrogen-bond acceptors (Lipinski definition) is 3. The summed E-state index contributed by atoms with van der Waals surface area (Å²) in [5.41, 5.74) is 1.23. The van der Waals surface area contributed by atoms with Crippen molar-refractivity contribution in [3.05, 3.63) is 41.4 Å². The molecule has 2 rings (SSSR count). The minimum absolute atomic E-state index is 0.258. The summed E-state index contributed by atoms with van der Waals surface area (Å²) in [6.07, 6.45) is 5.62. The summed E-state index contributed by atoms with van der Waals surface area (Å²) in [5.74, 6) is 2.96. The van der Waals surface area contributed by atoms with Gasteiger partial charge in [0, 0.05) is 30.4 Å². The van der Waals surface area contributed by atoms with Crippen molar-refractivity contribution in [2.24, 2.45) is 0 Å². The van der Waals surface area contributed by atoms with Gasteiger partial charge in [0.05, 0.1) is 0 Å². The first kappa shape index (κ1) is 12.9. The molecule has 0 radical (unpaired) electrons. The van der Waals surface area contributed by atoms with Gasteiger partial charge in [0.2, 0.25) is 0 Å². The third kappa shape index (κ3) is 3.01. The van der Waals surface area contributed by atoms with Gasteiger partial charge in [0.1, 0.15) is 17.3 Å². The van der Waals surface area contributed by atoms with Gasteiger partial charge in [-0.1, -0.05) is 6.92 Å². The molecule has 0 bridgehead atoms. The quantitative estimate of drug-likeness (QED) is 0.825. The molecule has 2 N–H and O–H groups in total. The zero-order chi connectivity index (χ0) is 13.0. The van der Waals surface area contributed by atoms with Gasteiger partial charge in [0.25, 0.3) is 0 Å². The van der Waals surface area contributed by atoms with Gasteiger partial charge in [-0.25, -0.2) is 4.98 Å². The first-order valence-corrected chi connectivity index (χ1v) is 6.49. The van der Waals surface area contributed by atoms with Crippen LogP contribution in [0.3, 0.4) is 0 Å². The molecule has 0 aliphatic rings. The Balaban J connectivity index is 2.16. The van der Waals surface area contributed by atoms with E-state index in [1.54, 1.807) is 6.20 Å². The lowest BCUT2D eigenvalue weighted by atomic mass is 10.0. The number of aromatic amines is 1. The van der Waals surface area contributed by atoms with Crippen molar-refractivity contribution in [2.75, 3.05) is 6.54 Å². The van der Waals surface area contributed by atoms with Crippen LogP contribution in [0.4, 0.5) is 0 Å². The maximum Gasteiger partial charge on any atom is 0.107 e. The normalized spacial score (nSPS) is 12.8. The third-order valence-corrected chi connectivity index (χ3v) is 3.05. The molecule has 2 heterocycles. The Morgan fingerprint density at radius 3 is 2.83 bits per heavy atom. The van der Waals surface area contributed by atoms with Crippen LogP contribution in [0.25, 0.3) is 0 Å². The van der Waals surface area contributed by atoms with E-state index in [9.17, 15) is 0 Å². The summed E-state index contributed by atoms with van der Waals surface area (Å²) >= 11 is 0. The molecule has 0 aliphatic heterocycles. The van der Waals surface area contributed by atoms with E-state index in [1.165, 1.54) is 5.56 Å². The summed E-state index contributed by atoms with van der Waals surface area (Å²) < 4.78 is 5.62. The zero-order valence-electron chi connectivity index (χ0n) is 11.3. The van der Waals surface area contributed by atoms with E-state index >= 15 is 0 Å². The maximum atomic E-state index is 5.62. The summed E-state index contributed by atoms with van der Waals surface area (Å²) in [4.78, 5) is 7.46. The van der Waals surface area contributed by atoms with Crippen LogP contribution in [-0.2, 0) is 6.42 Å². The molecule has 4 nitrogen and oxygen atoms in total. The third-order valence-electron chi connectivity index (χ3n) is 3.05. The molecule has 1 atom stereocenters. The fourth-order valence-electron chi connectivity index (χ4n) is 2.21. The van der Waals surface area contributed by atoms with Crippen molar-refractivity contribution < 1.29 is 4.42 Å². The van der Waals surface area contributed by atoms with Gasteiger partial charge in [-0.15, -0.1) is 0 Å². The average molecular weight is 247 g/mol. The molecule has 0 fully saturated rings. The highest BCUT2D eigenvalue weighted by molar-refractivity contribution is 5.25. The molecule has 18 heavy (non-hydrogen) atoms. The fourth-order valence-corrected chi connectivity index (χ4v) is 2.21. The zero-order valence-corrected chi connectivity index (χ0v) is 11.3. The van der Waals surface area contributed by atoms with Crippen LogP contribution < -0.4 is 5.32 Å². The molecule has 1 unspecified atom stereocenters. The summed E-state index contributed by atoms with van der Waals surface area (Å²) in [6.45, 7) is 7.17. The molecule has 0 saturated carbocycles. The summed E-state index contributed by atoms with van der Waals surface area (Å²) in [7, 11) is 0. The van der Waals surface area contributed by atoms with E-state index in [-0.39, 0.29) is 6.04 Å². The number of aromatic nitrogens is 2. The Labute approximate surface area is 108 Å². The van der Waals surface area contributed by atoms with Gasteiger partial charge >= 0.3 is 0 Å². The van der Waals surface area contributed by atoms with Crippen molar-refractivity contribution in [3.8, 4) is 0 Å². The molecule has 2 aromatic rings. The average Bonchev–Trinajstić information content (AvgIpc) is 2.94. The van der Waals surface area contributed by atoms with E-state index < -0.39 is 0 Å². The first-order chi connectivity index (χ1) is 8.70. The highest BCUT2D eigenvalue weighted by Crippen LogP contribution is 2.24. The Bertz CT molecular complexity index is 473. The lowest BCUT2D eigenvalue weighted by Gasteiger charge is -2.16. The number of nitrogens with zero attached hydrogens (tertiary/aromatic N) is 1. The Morgan fingerprint density at radius 1 is 1.44 bits per heavy atom. The maximum absolute atomic E-state index is 5.62. The minimum atomic E-state index is 0.258. The SMILES string of the molecule is CCCNC(Cc1ncc[nH]1)c1cc(C)oc1C. The predicted molar refractivity (Wildman–Crippen MR) is 71.5 cm³/mol. The molecule has 0 amide bonds. The molecular weight excluding hydrogens is 226 g/mol. The number of furan rings is 1. The second-order valence-corrected chi connectivity index (χ2v) is 4.62. The van der Waals surface area contributed by atoms with Gasteiger partial charge < -0.3 is 14.7 Å². The van der Waals surface area contributed by atoms with Crippen LogP contribution in [0.5, 0.6) is 0 Å². The van der Waals surface area contributed by atoms with E-state index in [0.717, 1.165) is 36.7 Å². The second-order valence-electron chi connectivity index (χ2n) is 4.62. The minimum Gasteiger partial charge on any atom is -0.466 e. The Morgan fingerprint density at radius 2 is 2.28 bits per heavy atom. The smallest absolute Gasteiger partial charge is 0.107 e. The summed E-state index contributed by atoms with van der Waals surface area (Å²) in [5, 5.41) is 3.56. The molecule has 4 heteroatoms. The number of aryl methyl sites for hydroxylation is 2. The van der Waals surface area contributed by atoms with Crippen LogP contribution in [0.2, 0.25) is 0 Å². The predicted octanol–water partition coefficient (Wildman–Crippen LogP) is 2.90. The highest BCUT2D eigenvalue weighted by atomic mass is 16.3. The van der Waals surface area contributed by atoms with Crippen molar-refractivity contribution in [1.82, 2.24) is 15.3 Å². The van der Waals surface area contributed by atoms with E-state index in [2.05, 4.69) is 28.3 Å². The standard InChI is InChI=1S/C14H21N3O/c1-4-5-15-13(9-14-16-6-7-17-14)12-8-10(2)18-11(12)3/h6-8,13,15H,4-5,9H2,1-3H3,(H,16,17). The van der Waals surface area contributed by atoms with Crippen LogP contribution in [0, 0.1) is 13.8 Å². The van der Waals surface area contributed by atoms with Crippen molar-refractivity contribution >= 4 is 0 Å². The van der Waals surface area contributed by atoms with Gasteiger partial charge in [-0.3, -0.25) is 0 Å². The molecule has 0 saturated heterocycles. The number of nitrogens with one attached hydrogen (secondary N) is 2. The molecule has 98 valence electrons. The van der Waals surface area contributed by atoms with Crippen molar-refractivity contribution in [1.29, 1.82) is 0 Å². The number of H-pyrrole nitrogens is 1. The first-order valence-electron chi connectivity index (χ1n) is 6.49. The number of hydrogen-bond donors (Lipinski definition) is 2. The second kappa shape index (κ2) is 5.87. The number of rotatable bonds is 6. The van der Waals surface area contributed by atoms with Crippen molar-refractivity contribution in [2.45, 2.75) is 39.7 Å². The molecule has 2 aromatic heterocycles. The monoisotopic (exact) mass is 247 g/mol. The van der Waals surface area contributed by atoms with Crippen LogP contribution in [0.1, 0.15) is 42.3 Å². The van der Waals surface area contributed by atoms with E-state index in [1.807, 2.05) is 20.0 Å². The number of imidazole rings is 1. The molecular formula is C14H21N3O. The van der Waals surface area contributed by atoms with Crippen molar-refractivity contribution in [3.63, 3.8) is 0 Å². The Kier molecular flexibility index (Phi) is 4.20. The summed E-state index contributed by atoms with van der Waals surface area (Å²) in [6, 6.07) is 2.37. The lowest BCUT2D eigenvalue weighted by molar-refractivity contribution is 0.477. The molecule has 0 spiro atoms. The van der Waals surface area contributed by atoms with Crippen LogP contribution in [-0.4, -0.2) is 16.5 Å².